The lowest BCUT2D eigenvalue weighted by Crippen LogP contribution is -2.34. The topological polar surface area (TPSA) is 29.9 Å². The van der Waals surface area contributed by atoms with Crippen molar-refractivity contribution in [3.05, 3.63) is 17.5 Å². The predicted molar refractivity (Wildman–Crippen MR) is 73.3 cm³/mol. The van der Waals surface area contributed by atoms with Gasteiger partial charge < -0.3 is 5.32 Å². The van der Waals surface area contributed by atoms with E-state index in [1.54, 1.807) is 0 Å². The quantitative estimate of drug-likeness (QED) is 0.886. The highest BCUT2D eigenvalue weighted by molar-refractivity contribution is 5.15. The molecule has 1 aromatic rings. The summed E-state index contributed by atoms with van der Waals surface area (Å²) in [5.41, 5.74) is 2.64. The molecule has 2 aliphatic rings. The van der Waals surface area contributed by atoms with Crippen molar-refractivity contribution in [1.82, 2.24) is 15.1 Å². The molecule has 2 unspecified atom stereocenters. The molecule has 2 atom stereocenters. The van der Waals surface area contributed by atoms with Gasteiger partial charge in [-0.05, 0) is 44.4 Å². The molecular weight excluding hydrogens is 222 g/mol. The predicted octanol–water partition coefficient (Wildman–Crippen LogP) is 2.79. The molecule has 100 valence electrons. The van der Waals surface area contributed by atoms with Gasteiger partial charge in [0.2, 0.25) is 0 Å². The molecule has 1 N–H and O–H groups in total. The fourth-order valence-electron chi connectivity index (χ4n) is 3.38. The zero-order chi connectivity index (χ0) is 12.5. The van der Waals surface area contributed by atoms with Gasteiger partial charge in [-0.2, -0.15) is 5.10 Å². The smallest absolute Gasteiger partial charge is 0.0537 e. The minimum Gasteiger partial charge on any atom is -0.310 e. The van der Waals surface area contributed by atoms with E-state index in [0.29, 0.717) is 0 Å². The molecule has 0 aliphatic heterocycles. The molecule has 3 rings (SSSR count). The fraction of sp³-hybridized carbons (Fsp3) is 0.800. The number of hydrogen-bond donors (Lipinski definition) is 1. The lowest BCUT2D eigenvalue weighted by atomic mass is 9.82. The molecule has 3 nitrogen and oxygen atoms in total. The minimum absolute atomic E-state index is 0.740. The molecule has 1 aromatic heterocycles. The van der Waals surface area contributed by atoms with Gasteiger partial charge in [0.05, 0.1) is 6.20 Å². The third-order valence-electron chi connectivity index (χ3n) is 4.92. The molecular formula is C15H25N3. The summed E-state index contributed by atoms with van der Waals surface area (Å²) in [6.07, 6.45) is 10.7. The van der Waals surface area contributed by atoms with E-state index in [9.17, 15) is 0 Å². The summed E-state index contributed by atoms with van der Waals surface area (Å²) < 4.78 is 1.96. The molecule has 0 bridgehead atoms. The third kappa shape index (κ3) is 2.61. The van der Waals surface area contributed by atoms with Crippen LogP contribution in [0, 0.1) is 18.8 Å². The largest absolute Gasteiger partial charge is 0.310 e. The van der Waals surface area contributed by atoms with Crippen molar-refractivity contribution in [3.8, 4) is 0 Å². The molecule has 0 saturated heterocycles. The van der Waals surface area contributed by atoms with E-state index in [-0.39, 0.29) is 0 Å². The van der Waals surface area contributed by atoms with Crippen molar-refractivity contribution < 1.29 is 0 Å². The van der Waals surface area contributed by atoms with Gasteiger partial charge in [0, 0.05) is 30.9 Å². The number of nitrogens with one attached hydrogen (secondary N) is 1. The number of hydrogen-bond acceptors (Lipinski definition) is 2. The van der Waals surface area contributed by atoms with Gasteiger partial charge in [-0.3, -0.25) is 4.68 Å². The Morgan fingerprint density at radius 2 is 2.11 bits per heavy atom. The van der Waals surface area contributed by atoms with Crippen LogP contribution in [-0.4, -0.2) is 15.8 Å². The molecule has 0 amide bonds. The van der Waals surface area contributed by atoms with Gasteiger partial charge in [0.15, 0.2) is 0 Å². The van der Waals surface area contributed by atoms with E-state index < -0.39 is 0 Å². The highest BCUT2D eigenvalue weighted by Crippen LogP contribution is 2.43. The zero-order valence-electron chi connectivity index (χ0n) is 11.7. The Hall–Kier alpha value is -0.830. The first kappa shape index (κ1) is 12.2. The third-order valence-corrected chi connectivity index (χ3v) is 4.92. The second-order valence-corrected chi connectivity index (χ2v) is 6.22. The zero-order valence-corrected chi connectivity index (χ0v) is 11.7. The van der Waals surface area contributed by atoms with Crippen LogP contribution in [0.3, 0.4) is 0 Å². The number of aryl methyl sites for hydroxylation is 1. The van der Waals surface area contributed by atoms with Gasteiger partial charge >= 0.3 is 0 Å². The number of aromatic nitrogens is 2. The van der Waals surface area contributed by atoms with Crippen molar-refractivity contribution in [2.45, 2.75) is 58.0 Å². The summed E-state index contributed by atoms with van der Waals surface area (Å²) in [5, 5.41) is 8.06. The van der Waals surface area contributed by atoms with Gasteiger partial charge in [-0.15, -0.1) is 0 Å². The number of rotatable bonds is 4. The van der Waals surface area contributed by atoms with E-state index in [1.807, 2.05) is 17.9 Å². The normalized spacial score (nSPS) is 28.6. The lowest BCUT2D eigenvalue weighted by molar-refractivity contribution is 0.260. The molecule has 0 spiro atoms. The average Bonchev–Trinajstić information content (AvgIpc) is 3.18. The first-order chi connectivity index (χ1) is 8.74. The Bertz CT molecular complexity index is 406. The van der Waals surface area contributed by atoms with E-state index in [4.69, 9.17) is 0 Å². The van der Waals surface area contributed by atoms with Crippen LogP contribution in [0.4, 0.5) is 0 Å². The maximum Gasteiger partial charge on any atom is 0.0537 e. The van der Waals surface area contributed by atoms with Crippen molar-refractivity contribution in [2.75, 3.05) is 0 Å². The summed E-state index contributed by atoms with van der Waals surface area (Å²) in [6.45, 7) is 3.14. The van der Waals surface area contributed by atoms with Gasteiger partial charge in [0.1, 0.15) is 0 Å². The van der Waals surface area contributed by atoms with Crippen LogP contribution >= 0.6 is 0 Å². The highest BCUT2D eigenvalue weighted by atomic mass is 15.3. The summed E-state index contributed by atoms with van der Waals surface area (Å²) >= 11 is 0. The van der Waals surface area contributed by atoms with Gasteiger partial charge in [-0.1, -0.05) is 12.8 Å². The van der Waals surface area contributed by atoms with E-state index in [2.05, 4.69) is 17.3 Å². The Labute approximate surface area is 110 Å². The van der Waals surface area contributed by atoms with E-state index in [0.717, 1.165) is 24.4 Å². The molecule has 2 fully saturated rings. The molecule has 0 radical (unpaired) electrons. The van der Waals surface area contributed by atoms with Crippen LogP contribution in [0.1, 0.15) is 49.8 Å². The summed E-state index contributed by atoms with van der Waals surface area (Å²) in [6, 6.07) is 0.740. The standard InChI is InChI=1S/C15H25N3/c1-11-14(10-17-18(11)2)9-16-15-5-3-4-13(8-15)12-6-7-12/h10,12-13,15-16H,3-9H2,1-2H3. The maximum absolute atomic E-state index is 4.31. The van der Waals surface area contributed by atoms with Gasteiger partial charge in [-0.25, -0.2) is 0 Å². The first-order valence-electron chi connectivity index (χ1n) is 7.45. The van der Waals surface area contributed by atoms with Crippen LogP contribution in [0.5, 0.6) is 0 Å². The summed E-state index contributed by atoms with van der Waals surface area (Å²) in [5.74, 6) is 2.10. The molecule has 0 aromatic carbocycles. The Morgan fingerprint density at radius 3 is 2.78 bits per heavy atom. The summed E-state index contributed by atoms with van der Waals surface area (Å²) in [4.78, 5) is 0. The molecule has 3 heteroatoms. The van der Waals surface area contributed by atoms with Gasteiger partial charge in [0.25, 0.3) is 0 Å². The first-order valence-corrected chi connectivity index (χ1v) is 7.45. The maximum atomic E-state index is 4.31. The van der Waals surface area contributed by atoms with Crippen molar-refractivity contribution >= 4 is 0 Å². The monoisotopic (exact) mass is 247 g/mol. The van der Waals surface area contributed by atoms with Crippen LogP contribution in [0.2, 0.25) is 0 Å². The van der Waals surface area contributed by atoms with E-state index >= 15 is 0 Å². The van der Waals surface area contributed by atoms with Crippen molar-refractivity contribution in [2.24, 2.45) is 18.9 Å². The van der Waals surface area contributed by atoms with Crippen molar-refractivity contribution in [1.29, 1.82) is 0 Å². The molecule has 18 heavy (non-hydrogen) atoms. The second-order valence-electron chi connectivity index (χ2n) is 6.22. The SMILES string of the molecule is Cc1c(CNC2CCCC(C3CC3)C2)cnn1C. The Balaban J connectivity index is 1.51. The Morgan fingerprint density at radius 1 is 1.28 bits per heavy atom. The van der Waals surface area contributed by atoms with E-state index in [1.165, 1.54) is 49.8 Å². The Kier molecular flexibility index (Phi) is 3.42. The molecule has 2 aliphatic carbocycles. The lowest BCUT2D eigenvalue weighted by Gasteiger charge is -2.30. The second kappa shape index (κ2) is 5.04. The molecule has 2 saturated carbocycles. The van der Waals surface area contributed by atoms with Crippen LogP contribution < -0.4 is 5.32 Å². The highest BCUT2D eigenvalue weighted by Gasteiger charge is 2.34. The van der Waals surface area contributed by atoms with Crippen molar-refractivity contribution in [3.63, 3.8) is 0 Å². The summed E-state index contributed by atoms with van der Waals surface area (Å²) in [7, 11) is 2.02. The number of nitrogens with zero attached hydrogens (tertiary/aromatic N) is 2. The van der Waals surface area contributed by atoms with Crippen LogP contribution in [0.15, 0.2) is 6.20 Å². The van der Waals surface area contributed by atoms with Crippen LogP contribution in [-0.2, 0) is 13.6 Å². The van der Waals surface area contributed by atoms with Crippen LogP contribution in [0.25, 0.3) is 0 Å². The molecule has 1 heterocycles. The minimum atomic E-state index is 0.740. The fourth-order valence-corrected chi connectivity index (χ4v) is 3.38. The average molecular weight is 247 g/mol.